The topological polar surface area (TPSA) is 49.4 Å². The van der Waals surface area contributed by atoms with Gasteiger partial charge in [-0.2, -0.15) is 0 Å². The summed E-state index contributed by atoms with van der Waals surface area (Å²) in [5.41, 5.74) is 0.0937. The number of ether oxygens (including phenoxy) is 1. The molecule has 0 spiro atoms. The van der Waals surface area contributed by atoms with Crippen molar-refractivity contribution >= 4 is 5.97 Å². The zero-order valence-corrected chi connectivity index (χ0v) is 10.6. The Morgan fingerprint density at radius 3 is 2.43 bits per heavy atom. The van der Waals surface area contributed by atoms with Crippen LogP contribution >= 0.6 is 0 Å². The summed E-state index contributed by atoms with van der Waals surface area (Å²) < 4.78 is 4.88. The Balaban J connectivity index is 0.00000169. The summed E-state index contributed by atoms with van der Waals surface area (Å²) in [6, 6.07) is 6.04. The van der Waals surface area contributed by atoms with E-state index in [0.29, 0.717) is 0 Å². The Hall–Kier alpha value is -0.510. The molecule has 0 amide bonds. The second kappa shape index (κ2) is 6.06. The molecular weight excluding hydrogens is 191 g/mol. The molecule has 4 heteroatoms. The Kier molecular flexibility index (Phi) is 5.84. The largest absolute Gasteiger partial charge is 1.00 e. The molecule has 0 aliphatic carbocycles. The summed E-state index contributed by atoms with van der Waals surface area (Å²) in [6.45, 7) is 3.48. The molecule has 0 N–H and O–H groups in total. The standard InChI is InChI=1S/C10H12O3.Na/c1-7(2)13-10(12)8-5-3-4-6-9(8)11;/h3-7,11H,1-2H3;/q;+1/p-1. The van der Waals surface area contributed by atoms with Gasteiger partial charge in [0.05, 0.1) is 11.7 Å². The predicted molar refractivity (Wildman–Crippen MR) is 46.4 cm³/mol. The minimum Gasteiger partial charge on any atom is -0.872 e. The normalized spacial score (nSPS) is 9.36. The summed E-state index contributed by atoms with van der Waals surface area (Å²) in [5, 5.41) is 11.1. The van der Waals surface area contributed by atoms with E-state index < -0.39 is 5.97 Å². The van der Waals surface area contributed by atoms with Crippen LogP contribution in [-0.4, -0.2) is 12.1 Å². The van der Waals surface area contributed by atoms with Crippen molar-refractivity contribution in [3.05, 3.63) is 29.8 Å². The monoisotopic (exact) mass is 202 g/mol. The molecule has 0 radical (unpaired) electrons. The van der Waals surface area contributed by atoms with Crippen molar-refractivity contribution in [3.8, 4) is 5.75 Å². The average Bonchev–Trinajstić information content (AvgIpc) is 2.03. The number of carbonyl (C=O) groups excluding carboxylic acids is 1. The number of esters is 1. The van der Waals surface area contributed by atoms with Gasteiger partial charge in [0, 0.05) is 0 Å². The molecule has 0 unspecified atom stereocenters. The van der Waals surface area contributed by atoms with Crippen LogP contribution < -0.4 is 34.7 Å². The van der Waals surface area contributed by atoms with E-state index in [9.17, 15) is 9.90 Å². The summed E-state index contributed by atoms with van der Waals surface area (Å²) >= 11 is 0. The number of rotatable bonds is 2. The summed E-state index contributed by atoms with van der Waals surface area (Å²) in [4.78, 5) is 11.3. The van der Waals surface area contributed by atoms with E-state index in [2.05, 4.69) is 0 Å². The molecule has 1 aromatic carbocycles. The first-order valence-electron chi connectivity index (χ1n) is 4.08. The summed E-state index contributed by atoms with van der Waals surface area (Å²) in [6.07, 6.45) is -0.202. The Bertz CT molecular complexity index is 310. The molecule has 0 saturated heterocycles. The van der Waals surface area contributed by atoms with Crippen molar-refractivity contribution in [1.29, 1.82) is 0 Å². The van der Waals surface area contributed by atoms with Gasteiger partial charge >= 0.3 is 35.5 Å². The molecule has 14 heavy (non-hydrogen) atoms. The third-order valence-electron chi connectivity index (χ3n) is 1.45. The minimum atomic E-state index is -0.555. The minimum absolute atomic E-state index is 0. The third-order valence-corrected chi connectivity index (χ3v) is 1.45. The van der Waals surface area contributed by atoms with Gasteiger partial charge in [0.25, 0.3) is 0 Å². The quantitative estimate of drug-likeness (QED) is 0.425. The maximum absolute atomic E-state index is 11.3. The predicted octanol–water partition coefficient (Wildman–Crippen LogP) is -1.67. The fourth-order valence-corrected chi connectivity index (χ4v) is 0.913. The molecule has 0 bridgehead atoms. The zero-order chi connectivity index (χ0) is 9.84. The van der Waals surface area contributed by atoms with Gasteiger partial charge in [0.2, 0.25) is 0 Å². The van der Waals surface area contributed by atoms with Crippen molar-refractivity contribution in [2.24, 2.45) is 0 Å². The smallest absolute Gasteiger partial charge is 0.872 e. The zero-order valence-electron chi connectivity index (χ0n) is 8.61. The molecule has 0 saturated carbocycles. The van der Waals surface area contributed by atoms with E-state index in [4.69, 9.17) is 4.74 Å². The van der Waals surface area contributed by atoms with Crippen molar-refractivity contribution in [1.82, 2.24) is 0 Å². The molecular formula is C10H11NaO3. The number of para-hydroxylation sites is 1. The van der Waals surface area contributed by atoms with Crippen molar-refractivity contribution in [3.63, 3.8) is 0 Å². The van der Waals surface area contributed by atoms with Gasteiger partial charge in [-0.15, -0.1) is 0 Å². The van der Waals surface area contributed by atoms with Gasteiger partial charge in [-0.1, -0.05) is 23.9 Å². The van der Waals surface area contributed by atoms with Gasteiger partial charge in [0.1, 0.15) is 0 Å². The van der Waals surface area contributed by atoms with Crippen LogP contribution in [0.3, 0.4) is 0 Å². The van der Waals surface area contributed by atoms with Crippen molar-refractivity contribution in [2.45, 2.75) is 20.0 Å². The van der Waals surface area contributed by atoms with E-state index in [0.717, 1.165) is 0 Å². The molecule has 1 rings (SSSR count). The van der Waals surface area contributed by atoms with Crippen LogP contribution in [0.1, 0.15) is 24.2 Å². The van der Waals surface area contributed by atoms with Crippen LogP contribution in [0.4, 0.5) is 0 Å². The number of hydrogen-bond acceptors (Lipinski definition) is 3. The molecule has 0 aromatic heterocycles. The van der Waals surface area contributed by atoms with Crippen molar-refractivity contribution < 1.29 is 44.2 Å². The van der Waals surface area contributed by atoms with Gasteiger partial charge in [-0.3, -0.25) is 0 Å². The van der Waals surface area contributed by atoms with Crippen molar-refractivity contribution in [2.75, 3.05) is 0 Å². The first-order chi connectivity index (χ1) is 6.11. The van der Waals surface area contributed by atoms with Crippen LogP contribution in [0, 0.1) is 0 Å². The second-order valence-electron chi connectivity index (χ2n) is 2.95. The maximum Gasteiger partial charge on any atom is 1.00 e. The van der Waals surface area contributed by atoms with Crippen LogP contribution in [0.25, 0.3) is 0 Å². The fraction of sp³-hybridized carbons (Fsp3) is 0.300. The summed E-state index contributed by atoms with van der Waals surface area (Å²) in [5.74, 6) is -0.853. The van der Waals surface area contributed by atoms with Crippen LogP contribution in [0.2, 0.25) is 0 Å². The van der Waals surface area contributed by atoms with E-state index in [1.54, 1.807) is 26.0 Å². The van der Waals surface area contributed by atoms with E-state index in [1.807, 2.05) is 0 Å². The van der Waals surface area contributed by atoms with E-state index in [-0.39, 0.29) is 47.0 Å². The molecule has 0 heterocycles. The SMILES string of the molecule is CC(C)OC(=O)c1ccccc1[O-].[Na+]. The Labute approximate surface area is 105 Å². The average molecular weight is 202 g/mol. The number of hydrogen-bond donors (Lipinski definition) is 0. The Morgan fingerprint density at radius 1 is 1.36 bits per heavy atom. The maximum atomic E-state index is 11.3. The fourth-order valence-electron chi connectivity index (χ4n) is 0.913. The van der Waals surface area contributed by atoms with Crippen LogP contribution in [0.15, 0.2) is 24.3 Å². The molecule has 0 atom stereocenters. The first-order valence-corrected chi connectivity index (χ1v) is 4.08. The number of carbonyl (C=O) groups is 1. The third kappa shape index (κ3) is 3.70. The number of benzene rings is 1. The molecule has 0 fully saturated rings. The van der Waals surface area contributed by atoms with E-state index in [1.165, 1.54) is 12.1 Å². The van der Waals surface area contributed by atoms with Gasteiger partial charge in [-0.25, -0.2) is 4.79 Å². The molecule has 1 aromatic rings. The molecule has 3 nitrogen and oxygen atoms in total. The Morgan fingerprint density at radius 2 is 1.93 bits per heavy atom. The van der Waals surface area contributed by atoms with Gasteiger partial charge in [0.15, 0.2) is 0 Å². The van der Waals surface area contributed by atoms with Crippen LogP contribution in [0.5, 0.6) is 5.75 Å². The molecule has 0 aliphatic rings. The van der Waals surface area contributed by atoms with Gasteiger partial charge < -0.3 is 9.84 Å². The second-order valence-corrected chi connectivity index (χ2v) is 2.95. The van der Waals surface area contributed by atoms with Crippen LogP contribution in [-0.2, 0) is 4.74 Å². The molecule has 0 aliphatic heterocycles. The summed E-state index contributed by atoms with van der Waals surface area (Å²) in [7, 11) is 0. The van der Waals surface area contributed by atoms with Gasteiger partial charge in [-0.05, 0) is 19.9 Å². The first kappa shape index (κ1) is 13.5. The van der Waals surface area contributed by atoms with E-state index >= 15 is 0 Å². The molecule has 70 valence electrons.